The van der Waals surface area contributed by atoms with E-state index >= 15 is 0 Å². The minimum absolute atomic E-state index is 0.0144. The Morgan fingerprint density at radius 1 is 0.927 bits per heavy atom. The first-order valence-corrected chi connectivity index (χ1v) is 15.0. The fraction of sp³-hybridized carbons (Fsp3) is 0.241. The summed E-state index contributed by atoms with van der Waals surface area (Å²) in [5.41, 5.74) is 2.86. The van der Waals surface area contributed by atoms with Crippen molar-refractivity contribution in [2.24, 2.45) is 0 Å². The van der Waals surface area contributed by atoms with Gasteiger partial charge in [0.05, 0.1) is 44.2 Å². The highest BCUT2D eigenvalue weighted by Crippen LogP contribution is 2.33. The fourth-order valence-electron chi connectivity index (χ4n) is 4.14. The van der Waals surface area contributed by atoms with Crippen molar-refractivity contribution in [1.82, 2.24) is 9.29 Å². The maximum absolute atomic E-state index is 13.8. The molecule has 4 rings (SSSR count). The quantitative estimate of drug-likeness (QED) is 0.227. The first-order valence-electron chi connectivity index (χ1n) is 12.7. The first-order chi connectivity index (χ1) is 19.8. The molecule has 10 nitrogen and oxygen atoms in total. The number of rotatable bonds is 13. The lowest BCUT2D eigenvalue weighted by atomic mass is 10.1. The average molecular weight is 597 g/mol. The lowest BCUT2D eigenvalue weighted by Crippen LogP contribution is -2.39. The lowest BCUT2D eigenvalue weighted by molar-refractivity contribution is -0.116. The molecule has 0 fully saturated rings. The van der Waals surface area contributed by atoms with Crippen LogP contribution in [0.2, 0.25) is 0 Å². The monoisotopic (exact) mass is 596 g/mol. The van der Waals surface area contributed by atoms with Crippen LogP contribution < -0.4 is 24.8 Å². The predicted molar refractivity (Wildman–Crippen MR) is 161 cm³/mol. The largest absolute Gasteiger partial charge is 0.495 e. The fourth-order valence-corrected chi connectivity index (χ4v) is 6.24. The Morgan fingerprint density at radius 2 is 1.63 bits per heavy atom. The molecule has 0 unspecified atom stereocenters. The third-order valence-corrected chi connectivity index (χ3v) is 8.99. The number of amides is 1. The van der Waals surface area contributed by atoms with Crippen LogP contribution in [0.25, 0.3) is 11.3 Å². The third-order valence-electron chi connectivity index (χ3n) is 6.29. The number of thiazole rings is 1. The number of benzene rings is 3. The lowest BCUT2D eigenvalue weighted by Gasteiger charge is -2.23. The van der Waals surface area contributed by atoms with Crippen molar-refractivity contribution in [2.75, 3.05) is 52.1 Å². The third kappa shape index (κ3) is 7.15. The second kappa shape index (κ2) is 13.5. The summed E-state index contributed by atoms with van der Waals surface area (Å²) in [6.45, 7) is -0.339. The van der Waals surface area contributed by atoms with E-state index in [4.69, 9.17) is 14.2 Å². The Labute approximate surface area is 244 Å². The Bertz CT molecular complexity index is 1590. The minimum Gasteiger partial charge on any atom is -0.495 e. The van der Waals surface area contributed by atoms with Crippen LogP contribution in [0.5, 0.6) is 17.2 Å². The minimum atomic E-state index is -4.09. The summed E-state index contributed by atoms with van der Waals surface area (Å²) >= 11 is 1.46. The highest BCUT2D eigenvalue weighted by Gasteiger charge is 2.28. The highest BCUT2D eigenvalue weighted by atomic mass is 32.2. The summed E-state index contributed by atoms with van der Waals surface area (Å²) in [6.07, 6.45) is 0.414. The van der Waals surface area contributed by atoms with Crippen molar-refractivity contribution in [3.8, 4) is 28.5 Å². The van der Waals surface area contributed by atoms with Gasteiger partial charge >= 0.3 is 0 Å². The summed E-state index contributed by atoms with van der Waals surface area (Å²) < 4.78 is 44.8. The summed E-state index contributed by atoms with van der Waals surface area (Å²) in [5.74, 6) is 0.580. The van der Waals surface area contributed by atoms with Crippen LogP contribution >= 0.6 is 11.3 Å². The van der Waals surface area contributed by atoms with Gasteiger partial charge in [0.2, 0.25) is 15.9 Å². The van der Waals surface area contributed by atoms with Gasteiger partial charge in [-0.2, -0.15) is 4.31 Å². The number of methoxy groups -OCH3 is 3. The number of carbonyl (C=O) groups excluding carboxylic acids is 1. The van der Waals surface area contributed by atoms with Gasteiger partial charge in [-0.3, -0.25) is 4.79 Å². The molecular formula is C29H32N4O6S2. The molecule has 4 aromatic rings. The van der Waals surface area contributed by atoms with Gasteiger partial charge in [-0.25, -0.2) is 13.4 Å². The van der Waals surface area contributed by atoms with Gasteiger partial charge in [-0.1, -0.05) is 30.3 Å². The van der Waals surface area contributed by atoms with E-state index in [9.17, 15) is 13.2 Å². The van der Waals surface area contributed by atoms with Crippen LogP contribution in [0.3, 0.4) is 0 Å². The van der Waals surface area contributed by atoms with Gasteiger partial charge in [0, 0.05) is 30.6 Å². The molecule has 0 aliphatic carbocycles. The molecule has 1 aromatic heterocycles. The zero-order valence-electron chi connectivity index (χ0n) is 23.2. The van der Waals surface area contributed by atoms with Crippen LogP contribution in [0.15, 0.2) is 77.0 Å². The van der Waals surface area contributed by atoms with Crippen LogP contribution in [-0.2, 0) is 21.2 Å². The molecule has 2 N–H and O–H groups in total. The van der Waals surface area contributed by atoms with Gasteiger partial charge in [0.15, 0.2) is 16.6 Å². The molecule has 1 heterocycles. The summed E-state index contributed by atoms with van der Waals surface area (Å²) in [7, 11) is 2.11. The number of anilines is 2. The average Bonchev–Trinajstić information content (AvgIpc) is 3.48. The summed E-state index contributed by atoms with van der Waals surface area (Å²) in [5, 5.41) is 8.50. The van der Waals surface area contributed by atoms with Crippen molar-refractivity contribution in [3.05, 3.63) is 77.7 Å². The van der Waals surface area contributed by atoms with Crippen molar-refractivity contribution in [2.45, 2.75) is 11.3 Å². The van der Waals surface area contributed by atoms with E-state index < -0.39 is 22.5 Å². The van der Waals surface area contributed by atoms with Crippen LogP contribution in [0.4, 0.5) is 10.8 Å². The normalized spacial score (nSPS) is 11.2. The number of nitrogens with one attached hydrogen (secondary N) is 2. The maximum Gasteiger partial charge on any atom is 0.243 e. The van der Waals surface area contributed by atoms with E-state index in [0.29, 0.717) is 23.6 Å². The molecule has 0 saturated carbocycles. The second-order valence-electron chi connectivity index (χ2n) is 8.84. The molecule has 0 bridgehead atoms. The topological polar surface area (TPSA) is 119 Å². The number of aromatic nitrogens is 1. The van der Waals surface area contributed by atoms with E-state index in [0.717, 1.165) is 26.3 Å². The molecule has 0 atom stereocenters. The van der Waals surface area contributed by atoms with Crippen LogP contribution in [-0.4, -0.2) is 65.1 Å². The molecule has 3 aromatic carbocycles. The molecule has 0 aliphatic heterocycles. The molecule has 0 saturated heterocycles. The standard InChI is InChI=1S/C29H32N4O6S2/c1-30-29-32-24(19-40-29)21-10-12-25(37-2)23(16-21)31-28(34)18-33(15-14-20-8-6-5-7-9-20)41(35,36)22-11-13-26(38-3)27(17-22)39-4/h5-13,16-17,19H,14-15,18H2,1-4H3,(H,30,32)(H,31,34). The molecule has 0 spiro atoms. The number of sulfonamides is 1. The van der Waals surface area contributed by atoms with Crippen LogP contribution in [0, 0.1) is 0 Å². The molecule has 41 heavy (non-hydrogen) atoms. The van der Waals surface area contributed by atoms with Gasteiger partial charge < -0.3 is 24.8 Å². The van der Waals surface area contributed by atoms with Gasteiger partial charge in [-0.15, -0.1) is 11.3 Å². The Hall–Kier alpha value is -4.13. The van der Waals surface area contributed by atoms with Gasteiger partial charge in [0.25, 0.3) is 0 Å². The Balaban J connectivity index is 1.61. The van der Waals surface area contributed by atoms with E-state index in [1.165, 1.54) is 50.9 Å². The number of nitrogens with zero attached hydrogens (tertiary/aromatic N) is 2. The zero-order valence-corrected chi connectivity index (χ0v) is 24.8. The summed E-state index contributed by atoms with van der Waals surface area (Å²) in [4.78, 5) is 17.9. The predicted octanol–water partition coefficient (Wildman–Crippen LogP) is 4.75. The van der Waals surface area contributed by atoms with Crippen molar-refractivity contribution in [1.29, 1.82) is 0 Å². The number of hydrogen-bond donors (Lipinski definition) is 2. The number of ether oxygens (including phenoxy) is 3. The van der Waals surface area contributed by atoms with E-state index in [-0.39, 0.29) is 17.2 Å². The Morgan fingerprint density at radius 3 is 2.29 bits per heavy atom. The van der Waals surface area contributed by atoms with E-state index in [1.807, 2.05) is 41.8 Å². The summed E-state index contributed by atoms with van der Waals surface area (Å²) in [6, 6.07) is 19.2. The SMILES string of the molecule is CNc1nc(-c2ccc(OC)c(NC(=O)CN(CCc3ccccc3)S(=O)(=O)c3ccc(OC)c(OC)c3)c2)cs1. The molecule has 216 valence electrons. The molecule has 12 heteroatoms. The van der Waals surface area contributed by atoms with Crippen LogP contribution in [0.1, 0.15) is 5.56 Å². The second-order valence-corrected chi connectivity index (χ2v) is 11.6. The molecular weight excluding hydrogens is 564 g/mol. The molecule has 1 amide bonds. The number of hydrogen-bond acceptors (Lipinski definition) is 9. The smallest absolute Gasteiger partial charge is 0.243 e. The van der Waals surface area contributed by atoms with E-state index in [1.54, 1.807) is 19.2 Å². The van der Waals surface area contributed by atoms with Gasteiger partial charge in [-0.05, 0) is 42.3 Å². The number of carbonyl (C=O) groups is 1. The molecule has 0 radical (unpaired) electrons. The molecule has 0 aliphatic rings. The highest BCUT2D eigenvalue weighted by molar-refractivity contribution is 7.89. The van der Waals surface area contributed by atoms with Crippen molar-refractivity contribution >= 4 is 38.1 Å². The van der Waals surface area contributed by atoms with Crippen molar-refractivity contribution < 1.29 is 27.4 Å². The Kier molecular flexibility index (Phi) is 9.82. The maximum atomic E-state index is 13.8. The van der Waals surface area contributed by atoms with E-state index in [2.05, 4.69) is 15.6 Å². The first kappa shape index (κ1) is 29.8. The van der Waals surface area contributed by atoms with Crippen molar-refractivity contribution in [3.63, 3.8) is 0 Å². The van der Waals surface area contributed by atoms with Gasteiger partial charge in [0.1, 0.15) is 5.75 Å². The zero-order chi connectivity index (χ0) is 29.4.